The number of aromatic nitrogens is 2. The number of nitrogens with zero attached hydrogens (tertiary/aromatic N) is 3. The van der Waals surface area contributed by atoms with Crippen LogP contribution in [0.2, 0.25) is 0 Å². The van der Waals surface area contributed by atoms with Crippen LogP contribution in [0.15, 0.2) is 4.52 Å². The fourth-order valence-corrected chi connectivity index (χ4v) is 3.05. The molecule has 1 aromatic heterocycles. The van der Waals surface area contributed by atoms with Crippen molar-refractivity contribution in [2.45, 2.75) is 32.9 Å². The Morgan fingerprint density at radius 3 is 2.83 bits per heavy atom. The van der Waals surface area contributed by atoms with Gasteiger partial charge in [0.2, 0.25) is 5.89 Å². The number of hydrogen-bond donors (Lipinski definition) is 1. The molecule has 2 atom stereocenters. The van der Waals surface area contributed by atoms with Crippen LogP contribution in [0.1, 0.15) is 44.6 Å². The van der Waals surface area contributed by atoms with Crippen LogP contribution in [-0.4, -0.2) is 40.1 Å². The molecule has 2 rings (SSSR count). The average molecular weight is 270 g/mol. The van der Waals surface area contributed by atoms with Gasteiger partial charge in [0.15, 0.2) is 5.82 Å². The zero-order valence-corrected chi connectivity index (χ0v) is 12.3. The average Bonchev–Trinajstić information content (AvgIpc) is 2.76. The van der Waals surface area contributed by atoms with Crippen molar-refractivity contribution in [1.29, 1.82) is 0 Å². The minimum absolute atomic E-state index is 0.0724. The summed E-state index contributed by atoms with van der Waals surface area (Å²) < 4.78 is 5.33. The summed E-state index contributed by atoms with van der Waals surface area (Å²) in [7, 11) is 2.10. The molecule has 0 radical (unpaired) electrons. The summed E-state index contributed by atoms with van der Waals surface area (Å²) in [6.07, 6.45) is 0. The van der Waals surface area contributed by atoms with Crippen molar-refractivity contribution < 1.29 is 4.52 Å². The first-order chi connectivity index (χ1) is 8.39. The summed E-state index contributed by atoms with van der Waals surface area (Å²) in [5, 5.41) is 4.10. The number of nitrogens with two attached hydrogens (primary N) is 1. The van der Waals surface area contributed by atoms with E-state index in [1.54, 1.807) is 0 Å². The molecule has 0 amide bonds. The van der Waals surface area contributed by atoms with Crippen molar-refractivity contribution in [3.63, 3.8) is 0 Å². The maximum Gasteiger partial charge on any atom is 0.244 e. The van der Waals surface area contributed by atoms with Crippen molar-refractivity contribution in [2.75, 3.05) is 25.1 Å². The van der Waals surface area contributed by atoms with E-state index in [4.69, 9.17) is 10.3 Å². The number of thioether (sulfide) groups is 1. The molecule has 1 aliphatic rings. The topological polar surface area (TPSA) is 68.2 Å². The van der Waals surface area contributed by atoms with Gasteiger partial charge in [0, 0.05) is 18.1 Å². The third kappa shape index (κ3) is 2.87. The molecule has 0 aromatic carbocycles. The van der Waals surface area contributed by atoms with Crippen molar-refractivity contribution >= 4 is 11.8 Å². The summed E-state index contributed by atoms with van der Waals surface area (Å²) >= 11 is 1.93. The molecule has 1 unspecified atom stereocenters. The molecule has 1 aliphatic heterocycles. The van der Waals surface area contributed by atoms with Crippen LogP contribution in [0.25, 0.3) is 0 Å². The molecule has 102 valence electrons. The molecular weight excluding hydrogens is 248 g/mol. The molecule has 2 N–H and O–H groups in total. The third-order valence-corrected chi connectivity index (χ3v) is 4.37. The molecular formula is C12H22N4OS. The lowest BCUT2D eigenvalue weighted by Gasteiger charge is -2.29. The second-order valence-corrected chi connectivity index (χ2v) is 7.06. The van der Waals surface area contributed by atoms with E-state index in [9.17, 15) is 0 Å². The molecule has 18 heavy (non-hydrogen) atoms. The summed E-state index contributed by atoms with van der Waals surface area (Å²) in [4.78, 5) is 6.76. The van der Waals surface area contributed by atoms with Crippen molar-refractivity contribution in [3.8, 4) is 0 Å². The largest absolute Gasteiger partial charge is 0.338 e. The SMILES string of the molecule is CN1CCSCC1c1noc([C@@H](N)C(C)(C)C)n1. The van der Waals surface area contributed by atoms with E-state index < -0.39 is 0 Å². The monoisotopic (exact) mass is 270 g/mol. The normalized spacial score (nSPS) is 24.2. The van der Waals surface area contributed by atoms with E-state index in [-0.39, 0.29) is 17.5 Å². The van der Waals surface area contributed by atoms with Crippen LogP contribution >= 0.6 is 11.8 Å². The summed E-state index contributed by atoms with van der Waals surface area (Å²) in [5.41, 5.74) is 6.06. The van der Waals surface area contributed by atoms with Gasteiger partial charge in [0.05, 0.1) is 12.1 Å². The van der Waals surface area contributed by atoms with Gasteiger partial charge in [-0.1, -0.05) is 25.9 Å². The first-order valence-corrected chi connectivity index (χ1v) is 7.42. The summed E-state index contributed by atoms with van der Waals surface area (Å²) in [6, 6.07) is 0.0220. The van der Waals surface area contributed by atoms with Crippen LogP contribution < -0.4 is 5.73 Å². The van der Waals surface area contributed by atoms with Gasteiger partial charge < -0.3 is 10.3 Å². The summed E-state index contributed by atoms with van der Waals surface area (Å²) in [5.74, 6) is 3.49. The van der Waals surface area contributed by atoms with Crippen molar-refractivity contribution in [3.05, 3.63) is 11.7 Å². The second kappa shape index (κ2) is 5.19. The lowest BCUT2D eigenvalue weighted by molar-refractivity contribution is 0.243. The van der Waals surface area contributed by atoms with Gasteiger partial charge in [-0.15, -0.1) is 0 Å². The smallest absolute Gasteiger partial charge is 0.244 e. The van der Waals surface area contributed by atoms with Crippen LogP contribution in [0, 0.1) is 5.41 Å². The van der Waals surface area contributed by atoms with Crippen LogP contribution in [-0.2, 0) is 0 Å². The standard InChI is InChI=1S/C12H22N4OS/c1-12(2,3)9(13)11-14-10(15-17-11)8-7-18-6-5-16(8)4/h8-9H,5-7,13H2,1-4H3/t8?,9-/m1/s1. The van der Waals surface area contributed by atoms with Gasteiger partial charge in [0.25, 0.3) is 0 Å². The predicted octanol–water partition coefficient (Wildman–Crippen LogP) is 1.84. The Labute approximate surface area is 112 Å². The van der Waals surface area contributed by atoms with Crippen molar-refractivity contribution in [2.24, 2.45) is 11.1 Å². The van der Waals surface area contributed by atoms with Crippen molar-refractivity contribution in [1.82, 2.24) is 15.0 Å². The molecule has 0 bridgehead atoms. The van der Waals surface area contributed by atoms with Gasteiger partial charge in [-0.25, -0.2) is 0 Å². The van der Waals surface area contributed by atoms with Gasteiger partial charge >= 0.3 is 0 Å². The van der Waals surface area contributed by atoms with Gasteiger partial charge in [-0.2, -0.15) is 16.7 Å². The molecule has 1 aromatic rings. The van der Waals surface area contributed by atoms with E-state index in [2.05, 4.69) is 42.9 Å². The Balaban J connectivity index is 2.15. The highest BCUT2D eigenvalue weighted by Crippen LogP contribution is 2.31. The van der Waals surface area contributed by atoms with E-state index in [1.165, 1.54) is 5.75 Å². The minimum Gasteiger partial charge on any atom is -0.338 e. The quantitative estimate of drug-likeness (QED) is 0.884. The molecule has 2 heterocycles. The highest BCUT2D eigenvalue weighted by molar-refractivity contribution is 7.99. The van der Waals surface area contributed by atoms with Gasteiger partial charge in [0.1, 0.15) is 0 Å². The fraction of sp³-hybridized carbons (Fsp3) is 0.833. The lowest BCUT2D eigenvalue weighted by atomic mass is 9.87. The van der Waals surface area contributed by atoms with E-state index >= 15 is 0 Å². The highest BCUT2D eigenvalue weighted by atomic mass is 32.2. The van der Waals surface area contributed by atoms with Gasteiger partial charge in [-0.05, 0) is 12.5 Å². The maximum atomic E-state index is 6.13. The Kier molecular flexibility index (Phi) is 3.99. The predicted molar refractivity (Wildman–Crippen MR) is 73.4 cm³/mol. The van der Waals surface area contributed by atoms with E-state index in [1.807, 2.05) is 11.8 Å². The zero-order valence-electron chi connectivity index (χ0n) is 11.5. The Bertz CT molecular complexity index is 401. The Hall–Kier alpha value is -0.590. The number of hydrogen-bond acceptors (Lipinski definition) is 6. The van der Waals surface area contributed by atoms with Crippen LogP contribution in [0.5, 0.6) is 0 Å². The minimum atomic E-state index is -0.222. The molecule has 0 spiro atoms. The lowest BCUT2D eigenvalue weighted by Crippen LogP contribution is -2.33. The Morgan fingerprint density at radius 2 is 2.22 bits per heavy atom. The van der Waals surface area contributed by atoms with Gasteiger partial charge in [-0.3, -0.25) is 4.90 Å². The zero-order chi connectivity index (χ0) is 13.3. The van der Waals surface area contributed by atoms with Crippen LogP contribution in [0.4, 0.5) is 0 Å². The maximum absolute atomic E-state index is 6.13. The van der Waals surface area contributed by atoms with E-state index in [0.29, 0.717) is 5.89 Å². The molecule has 1 fully saturated rings. The Morgan fingerprint density at radius 1 is 1.50 bits per heavy atom. The molecule has 6 heteroatoms. The second-order valence-electron chi connectivity index (χ2n) is 5.91. The molecule has 1 saturated heterocycles. The molecule has 0 saturated carbocycles. The third-order valence-electron chi connectivity index (χ3n) is 3.35. The highest BCUT2D eigenvalue weighted by Gasteiger charge is 2.30. The first-order valence-electron chi connectivity index (χ1n) is 6.26. The van der Waals surface area contributed by atoms with E-state index in [0.717, 1.165) is 18.1 Å². The molecule has 5 nitrogen and oxygen atoms in total. The number of rotatable bonds is 2. The summed E-state index contributed by atoms with van der Waals surface area (Å²) in [6.45, 7) is 7.28. The molecule has 0 aliphatic carbocycles. The first kappa shape index (κ1) is 13.8. The fourth-order valence-electron chi connectivity index (χ4n) is 1.84. The van der Waals surface area contributed by atoms with Crippen LogP contribution in [0.3, 0.4) is 0 Å².